The van der Waals surface area contributed by atoms with Crippen molar-refractivity contribution >= 4 is 0 Å². The predicted molar refractivity (Wildman–Crippen MR) is 79.0 cm³/mol. The van der Waals surface area contributed by atoms with Gasteiger partial charge >= 0.3 is 0 Å². The average molecular weight is 245 g/mol. The van der Waals surface area contributed by atoms with Gasteiger partial charge in [-0.15, -0.1) is 0 Å². The summed E-state index contributed by atoms with van der Waals surface area (Å²) in [5, 5.41) is 3.53. The van der Waals surface area contributed by atoms with E-state index in [1.165, 1.54) is 31.4 Å². The summed E-state index contributed by atoms with van der Waals surface area (Å²) < 4.78 is 0. The maximum absolute atomic E-state index is 3.53. The van der Waals surface area contributed by atoms with Crippen LogP contribution in [0.5, 0.6) is 0 Å². The van der Waals surface area contributed by atoms with Crippen LogP contribution in [0.4, 0.5) is 0 Å². The van der Waals surface area contributed by atoms with Crippen molar-refractivity contribution in [3.05, 3.63) is 35.4 Å². The lowest BCUT2D eigenvalue weighted by Crippen LogP contribution is -2.17. The average Bonchev–Trinajstić information content (AvgIpc) is 3.09. The molecule has 0 amide bonds. The monoisotopic (exact) mass is 245 g/mol. The molecule has 1 aromatic carbocycles. The number of benzene rings is 1. The van der Waals surface area contributed by atoms with Gasteiger partial charge in [0.15, 0.2) is 0 Å². The molecule has 0 aliphatic heterocycles. The van der Waals surface area contributed by atoms with Gasteiger partial charge in [0.1, 0.15) is 0 Å². The van der Waals surface area contributed by atoms with Gasteiger partial charge in [0.25, 0.3) is 0 Å². The summed E-state index contributed by atoms with van der Waals surface area (Å²) in [6.45, 7) is 9.15. The minimum atomic E-state index is 0.753. The van der Waals surface area contributed by atoms with Crippen molar-refractivity contribution in [1.29, 1.82) is 0 Å². The first kappa shape index (κ1) is 13.6. The molecule has 1 aromatic rings. The van der Waals surface area contributed by atoms with Gasteiger partial charge < -0.3 is 5.32 Å². The molecule has 18 heavy (non-hydrogen) atoms. The van der Waals surface area contributed by atoms with Gasteiger partial charge in [-0.3, -0.25) is 0 Å². The van der Waals surface area contributed by atoms with Gasteiger partial charge in [-0.2, -0.15) is 0 Å². The van der Waals surface area contributed by atoms with Crippen molar-refractivity contribution in [2.24, 2.45) is 11.8 Å². The Balaban J connectivity index is 1.81. The van der Waals surface area contributed by atoms with Crippen LogP contribution in [0.3, 0.4) is 0 Å². The Morgan fingerprint density at radius 2 is 1.94 bits per heavy atom. The van der Waals surface area contributed by atoms with Crippen LogP contribution in [0, 0.1) is 11.8 Å². The number of rotatable bonds is 7. The van der Waals surface area contributed by atoms with Gasteiger partial charge in [0.2, 0.25) is 0 Å². The van der Waals surface area contributed by atoms with E-state index in [-0.39, 0.29) is 0 Å². The summed E-state index contributed by atoms with van der Waals surface area (Å²) in [4.78, 5) is 0. The molecule has 1 nitrogen and oxygen atoms in total. The number of hydrogen-bond acceptors (Lipinski definition) is 1. The maximum Gasteiger partial charge on any atom is -0.00144 e. The Kier molecular flexibility index (Phi) is 4.82. The molecular weight excluding hydrogens is 218 g/mol. The fourth-order valence-electron chi connectivity index (χ4n) is 2.72. The Bertz CT molecular complexity index is 352. The second-order valence-electron chi connectivity index (χ2n) is 6.15. The summed E-state index contributed by atoms with van der Waals surface area (Å²) in [6.07, 6.45) is 3.81. The zero-order valence-corrected chi connectivity index (χ0v) is 12.1. The molecule has 1 aliphatic carbocycles. The first-order chi connectivity index (χ1) is 8.70. The predicted octanol–water partition coefficient (Wildman–Crippen LogP) is 3.99. The summed E-state index contributed by atoms with van der Waals surface area (Å²) in [6, 6.07) is 9.35. The molecule has 0 heterocycles. The fraction of sp³-hybridized carbons (Fsp3) is 0.647. The Morgan fingerprint density at radius 1 is 1.22 bits per heavy atom. The van der Waals surface area contributed by atoms with E-state index in [4.69, 9.17) is 0 Å². The summed E-state index contributed by atoms with van der Waals surface area (Å²) in [7, 11) is 0. The van der Waals surface area contributed by atoms with Crippen molar-refractivity contribution in [3.63, 3.8) is 0 Å². The van der Waals surface area contributed by atoms with Crippen LogP contribution in [0.15, 0.2) is 24.3 Å². The van der Waals surface area contributed by atoms with Gasteiger partial charge in [-0.1, -0.05) is 45.0 Å². The van der Waals surface area contributed by atoms with Gasteiger partial charge in [0, 0.05) is 0 Å². The van der Waals surface area contributed by atoms with Gasteiger partial charge in [-0.25, -0.2) is 0 Å². The van der Waals surface area contributed by atoms with Crippen LogP contribution in [0.25, 0.3) is 0 Å². The van der Waals surface area contributed by atoms with E-state index in [9.17, 15) is 0 Å². The van der Waals surface area contributed by atoms with Crippen LogP contribution < -0.4 is 5.32 Å². The molecule has 0 saturated heterocycles. The van der Waals surface area contributed by atoms with Crippen molar-refractivity contribution in [1.82, 2.24) is 5.32 Å². The van der Waals surface area contributed by atoms with Crippen molar-refractivity contribution in [3.8, 4) is 0 Å². The molecule has 2 atom stereocenters. The topological polar surface area (TPSA) is 12.0 Å². The van der Waals surface area contributed by atoms with E-state index in [1.807, 2.05) is 0 Å². The standard InChI is InChI=1S/C17H27N/c1-4-9-18-12-16-11-17(16)15-7-5-14(6-8-15)10-13(2)3/h5-8,13,16-18H,4,9-12H2,1-3H3. The highest BCUT2D eigenvalue weighted by molar-refractivity contribution is 5.29. The lowest BCUT2D eigenvalue weighted by Gasteiger charge is -2.07. The Labute approximate surface area is 112 Å². The third-order valence-electron chi connectivity index (χ3n) is 3.81. The lowest BCUT2D eigenvalue weighted by molar-refractivity contribution is 0.620. The summed E-state index contributed by atoms with van der Waals surface area (Å²) in [5.74, 6) is 2.46. The first-order valence-corrected chi connectivity index (χ1v) is 7.50. The smallest absolute Gasteiger partial charge is 0.00144 e. The van der Waals surface area contributed by atoms with E-state index in [1.54, 1.807) is 5.56 Å². The van der Waals surface area contributed by atoms with E-state index in [2.05, 4.69) is 50.4 Å². The Hall–Kier alpha value is -0.820. The molecule has 0 spiro atoms. The highest BCUT2D eigenvalue weighted by Crippen LogP contribution is 2.46. The molecule has 1 N–H and O–H groups in total. The van der Waals surface area contributed by atoms with E-state index >= 15 is 0 Å². The van der Waals surface area contributed by atoms with Crippen molar-refractivity contribution < 1.29 is 0 Å². The second-order valence-corrected chi connectivity index (χ2v) is 6.15. The van der Waals surface area contributed by atoms with Crippen LogP contribution >= 0.6 is 0 Å². The highest BCUT2D eigenvalue weighted by atomic mass is 14.9. The highest BCUT2D eigenvalue weighted by Gasteiger charge is 2.37. The lowest BCUT2D eigenvalue weighted by atomic mass is 10.00. The summed E-state index contributed by atoms with van der Waals surface area (Å²) in [5.41, 5.74) is 3.03. The number of hydrogen-bond donors (Lipinski definition) is 1. The van der Waals surface area contributed by atoms with Gasteiger partial charge in [0.05, 0.1) is 0 Å². The molecule has 1 fully saturated rings. The van der Waals surface area contributed by atoms with Crippen LogP contribution in [0.1, 0.15) is 50.7 Å². The molecule has 0 radical (unpaired) electrons. The zero-order valence-electron chi connectivity index (χ0n) is 12.1. The van der Waals surface area contributed by atoms with Crippen molar-refractivity contribution in [2.75, 3.05) is 13.1 Å². The summed E-state index contributed by atoms with van der Waals surface area (Å²) >= 11 is 0. The van der Waals surface area contributed by atoms with Crippen molar-refractivity contribution in [2.45, 2.75) is 46.0 Å². The maximum atomic E-state index is 3.53. The van der Waals surface area contributed by atoms with E-state index in [0.717, 1.165) is 24.3 Å². The largest absolute Gasteiger partial charge is 0.316 e. The zero-order chi connectivity index (χ0) is 13.0. The third kappa shape index (κ3) is 3.84. The molecule has 2 unspecified atom stereocenters. The molecular formula is C17H27N. The molecule has 2 rings (SSSR count). The molecule has 1 saturated carbocycles. The SMILES string of the molecule is CCCNCC1CC1c1ccc(CC(C)C)cc1. The normalized spacial score (nSPS) is 22.4. The molecule has 0 aromatic heterocycles. The molecule has 1 heteroatoms. The third-order valence-corrected chi connectivity index (χ3v) is 3.81. The first-order valence-electron chi connectivity index (χ1n) is 7.50. The quantitative estimate of drug-likeness (QED) is 0.716. The molecule has 1 aliphatic rings. The van der Waals surface area contributed by atoms with Crippen LogP contribution in [-0.4, -0.2) is 13.1 Å². The minimum Gasteiger partial charge on any atom is -0.316 e. The number of nitrogens with one attached hydrogen (secondary N) is 1. The van der Waals surface area contributed by atoms with Crippen LogP contribution in [0.2, 0.25) is 0 Å². The fourth-order valence-corrected chi connectivity index (χ4v) is 2.72. The minimum absolute atomic E-state index is 0.753. The molecule has 100 valence electrons. The van der Waals surface area contributed by atoms with Gasteiger partial charge in [-0.05, 0) is 61.2 Å². The van der Waals surface area contributed by atoms with Crippen LogP contribution in [-0.2, 0) is 6.42 Å². The molecule has 0 bridgehead atoms. The Morgan fingerprint density at radius 3 is 2.56 bits per heavy atom. The second kappa shape index (κ2) is 6.38. The van der Waals surface area contributed by atoms with E-state index < -0.39 is 0 Å². The van der Waals surface area contributed by atoms with E-state index in [0.29, 0.717) is 0 Å².